The number of hydrogen-bond donors (Lipinski definition) is 2. The number of ether oxygens (including phenoxy) is 1. The Kier molecular flexibility index (Phi) is 5.52. The molecule has 0 fully saturated rings. The van der Waals surface area contributed by atoms with Crippen molar-refractivity contribution < 1.29 is 14.3 Å². The van der Waals surface area contributed by atoms with E-state index in [2.05, 4.69) is 5.32 Å². The van der Waals surface area contributed by atoms with Crippen LogP contribution in [0.25, 0.3) is 6.08 Å². The number of nitrogens with one attached hydrogen (secondary N) is 1. The van der Waals surface area contributed by atoms with Crippen LogP contribution < -0.4 is 15.8 Å². The average Bonchev–Trinajstić information content (AvgIpc) is 2.58. The van der Waals surface area contributed by atoms with Gasteiger partial charge in [0, 0.05) is 23.7 Å². The molecule has 0 unspecified atom stereocenters. The molecule has 0 aliphatic rings. The summed E-state index contributed by atoms with van der Waals surface area (Å²) in [5.41, 5.74) is 7.27. The highest BCUT2D eigenvalue weighted by atomic mass is 16.5. The van der Waals surface area contributed by atoms with Crippen LogP contribution in [-0.2, 0) is 11.3 Å². The maximum Gasteiger partial charge on any atom is 0.248 e. The van der Waals surface area contributed by atoms with Crippen LogP contribution in [-0.4, -0.2) is 18.9 Å². The zero-order valence-corrected chi connectivity index (χ0v) is 12.8. The molecule has 2 amide bonds. The van der Waals surface area contributed by atoms with Gasteiger partial charge in [0.05, 0.1) is 7.11 Å². The van der Waals surface area contributed by atoms with Gasteiger partial charge in [-0.1, -0.05) is 30.3 Å². The molecule has 0 saturated heterocycles. The second kappa shape index (κ2) is 7.79. The van der Waals surface area contributed by atoms with Gasteiger partial charge in [-0.2, -0.15) is 0 Å². The van der Waals surface area contributed by atoms with Crippen molar-refractivity contribution in [3.8, 4) is 5.75 Å². The summed E-state index contributed by atoms with van der Waals surface area (Å²) >= 11 is 0. The second-order valence-corrected chi connectivity index (χ2v) is 4.86. The number of carbonyl (C=O) groups is 2. The molecule has 118 valence electrons. The van der Waals surface area contributed by atoms with Gasteiger partial charge < -0.3 is 15.8 Å². The minimum Gasteiger partial charge on any atom is -0.496 e. The van der Waals surface area contributed by atoms with Crippen LogP contribution in [0.2, 0.25) is 0 Å². The Bertz CT molecular complexity index is 739. The standard InChI is InChI=1S/C18H18N2O3/c1-23-16-8-3-2-6-14(16)9-10-17(21)20-12-13-5-4-7-15(11-13)18(19)22/h2-11H,12H2,1H3,(H2,19,22)(H,20,21)/b10-9+. The van der Waals surface area contributed by atoms with Crippen molar-refractivity contribution in [3.63, 3.8) is 0 Å². The van der Waals surface area contributed by atoms with E-state index in [0.717, 1.165) is 11.1 Å². The third-order valence-electron chi connectivity index (χ3n) is 3.23. The maximum atomic E-state index is 11.9. The maximum absolute atomic E-state index is 11.9. The van der Waals surface area contributed by atoms with E-state index in [4.69, 9.17) is 10.5 Å². The molecule has 0 bridgehead atoms. The first-order valence-electron chi connectivity index (χ1n) is 7.08. The van der Waals surface area contributed by atoms with E-state index in [-0.39, 0.29) is 5.91 Å². The van der Waals surface area contributed by atoms with Crippen LogP contribution in [0.3, 0.4) is 0 Å². The van der Waals surface area contributed by atoms with E-state index in [0.29, 0.717) is 17.9 Å². The molecule has 2 aromatic carbocycles. The SMILES string of the molecule is COc1ccccc1/C=C/C(=O)NCc1cccc(C(N)=O)c1. The molecular formula is C18H18N2O3. The van der Waals surface area contributed by atoms with Gasteiger partial charge in [0.25, 0.3) is 0 Å². The lowest BCUT2D eigenvalue weighted by Crippen LogP contribution is -2.20. The Morgan fingerprint density at radius 3 is 2.70 bits per heavy atom. The first kappa shape index (κ1) is 16.3. The molecule has 5 nitrogen and oxygen atoms in total. The topological polar surface area (TPSA) is 81.4 Å². The van der Waals surface area contributed by atoms with Gasteiger partial charge in [0.2, 0.25) is 11.8 Å². The van der Waals surface area contributed by atoms with E-state index >= 15 is 0 Å². The first-order valence-corrected chi connectivity index (χ1v) is 7.08. The summed E-state index contributed by atoms with van der Waals surface area (Å²) in [6.07, 6.45) is 3.13. The number of carbonyl (C=O) groups excluding carboxylic acids is 2. The molecule has 0 aliphatic carbocycles. The highest BCUT2D eigenvalue weighted by Gasteiger charge is 2.03. The van der Waals surface area contributed by atoms with Crippen LogP contribution in [0.15, 0.2) is 54.6 Å². The molecule has 2 rings (SSSR count). The summed E-state index contributed by atoms with van der Waals surface area (Å²) in [5, 5.41) is 2.75. The number of nitrogens with two attached hydrogens (primary N) is 1. The van der Waals surface area contributed by atoms with Crippen molar-refractivity contribution in [1.29, 1.82) is 0 Å². The van der Waals surface area contributed by atoms with Crippen LogP contribution in [0.5, 0.6) is 5.75 Å². The normalized spacial score (nSPS) is 10.5. The van der Waals surface area contributed by atoms with E-state index in [1.165, 1.54) is 6.08 Å². The summed E-state index contributed by atoms with van der Waals surface area (Å²) < 4.78 is 5.22. The lowest BCUT2D eigenvalue weighted by Gasteiger charge is -2.05. The minimum absolute atomic E-state index is 0.236. The second-order valence-electron chi connectivity index (χ2n) is 4.86. The van der Waals surface area contributed by atoms with Crippen LogP contribution >= 0.6 is 0 Å². The predicted octanol–water partition coefficient (Wildman–Crippen LogP) is 2.12. The summed E-state index contributed by atoms with van der Waals surface area (Å²) in [4.78, 5) is 23.0. The number of methoxy groups -OCH3 is 1. The summed E-state index contributed by atoms with van der Waals surface area (Å²) in [6.45, 7) is 0.316. The van der Waals surface area contributed by atoms with Crippen molar-refractivity contribution in [2.45, 2.75) is 6.54 Å². The molecule has 0 saturated carbocycles. The first-order chi connectivity index (χ1) is 11.1. The Hall–Kier alpha value is -3.08. The molecule has 0 radical (unpaired) electrons. The molecule has 2 aromatic rings. The number of rotatable bonds is 6. The zero-order chi connectivity index (χ0) is 16.7. The van der Waals surface area contributed by atoms with Gasteiger partial charge in [-0.15, -0.1) is 0 Å². The smallest absolute Gasteiger partial charge is 0.248 e. The molecule has 3 N–H and O–H groups in total. The van der Waals surface area contributed by atoms with Gasteiger partial charge >= 0.3 is 0 Å². The molecule has 0 spiro atoms. The van der Waals surface area contributed by atoms with Crippen molar-refractivity contribution in [1.82, 2.24) is 5.32 Å². The molecule has 23 heavy (non-hydrogen) atoms. The molecular weight excluding hydrogens is 292 g/mol. The van der Waals surface area contributed by atoms with E-state index in [9.17, 15) is 9.59 Å². The Morgan fingerprint density at radius 2 is 1.96 bits per heavy atom. The van der Waals surface area contributed by atoms with Crippen LogP contribution in [0.4, 0.5) is 0 Å². The highest BCUT2D eigenvalue weighted by Crippen LogP contribution is 2.18. The number of benzene rings is 2. The molecule has 0 atom stereocenters. The molecule has 5 heteroatoms. The number of para-hydroxylation sites is 1. The van der Waals surface area contributed by atoms with E-state index in [1.54, 1.807) is 31.4 Å². The number of hydrogen-bond acceptors (Lipinski definition) is 3. The molecule has 0 heterocycles. The van der Waals surface area contributed by atoms with Gasteiger partial charge in [-0.3, -0.25) is 9.59 Å². The third kappa shape index (κ3) is 4.71. The fourth-order valence-electron chi connectivity index (χ4n) is 2.05. The Balaban J connectivity index is 1.96. The average molecular weight is 310 g/mol. The van der Waals surface area contributed by atoms with Gasteiger partial charge in [0.15, 0.2) is 0 Å². The van der Waals surface area contributed by atoms with Gasteiger partial charge in [-0.25, -0.2) is 0 Å². The monoisotopic (exact) mass is 310 g/mol. The number of primary amides is 1. The third-order valence-corrected chi connectivity index (χ3v) is 3.23. The summed E-state index contributed by atoms with van der Waals surface area (Å²) in [5.74, 6) is -0.0275. The fourth-order valence-corrected chi connectivity index (χ4v) is 2.05. The van der Waals surface area contributed by atoms with Crippen molar-refractivity contribution in [2.75, 3.05) is 7.11 Å². The lowest BCUT2D eigenvalue weighted by atomic mass is 10.1. The molecule has 0 aromatic heterocycles. The summed E-state index contributed by atoms with van der Waals surface area (Å²) in [6, 6.07) is 14.3. The predicted molar refractivity (Wildman–Crippen MR) is 88.8 cm³/mol. The van der Waals surface area contributed by atoms with Crippen molar-refractivity contribution >= 4 is 17.9 Å². The summed E-state index contributed by atoms with van der Waals surface area (Å²) in [7, 11) is 1.58. The van der Waals surface area contributed by atoms with Gasteiger partial charge in [0.1, 0.15) is 5.75 Å². The quantitative estimate of drug-likeness (QED) is 0.802. The largest absolute Gasteiger partial charge is 0.496 e. The minimum atomic E-state index is -0.491. The van der Waals surface area contributed by atoms with E-state index in [1.807, 2.05) is 30.3 Å². The van der Waals surface area contributed by atoms with Crippen LogP contribution in [0.1, 0.15) is 21.5 Å². The van der Waals surface area contributed by atoms with Gasteiger partial charge in [-0.05, 0) is 29.8 Å². The van der Waals surface area contributed by atoms with Crippen LogP contribution in [0, 0.1) is 0 Å². The number of amides is 2. The lowest BCUT2D eigenvalue weighted by molar-refractivity contribution is -0.116. The Morgan fingerprint density at radius 1 is 1.17 bits per heavy atom. The van der Waals surface area contributed by atoms with Crippen molar-refractivity contribution in [2.24, 2.45) is 5.73 Å². The fraction of sp³-hybridized carbons (Fsp3) is 0.111. The zero-order valence-electron chi connectivity index (χ0n) is 12.8. The van der Waals surface area contributed by atoms with E-state index < -0.39 is 5.91 Å². The highest BCUT2D eigenvalue weighted by molar-refractivity contribution is 5.93. The van der Waals surface area contributed by atoms with Crippen molar-refractivity contribution in [3.05, 3.63) is 71.3 Å². The Labute approximate surface area is 134 Å². The molecule has 0 aliphatic heterocycles.